The van der Waals surface area contributed by atoms with Gasteiger partial charge in [0.15, 0.2) is 45.5 Å². The molecule has 1 N–H and O–H groups in total. The summed E-state index contributed by atoms with van der Waals surface area (Å²) in [5.74, 6) is 2.76. The van der Waals surface area contributed by atoms with Crippen LogP contribution in [0.1, 0.15) is 28.4 Å². The van der Waals surface area contributed by atoms with Crippen LogP contribution in [0.2, 0.25) is 0 Å². The molecule has 0 aromatic heterocycles. The van der Waals surface area contributed by atoms with Gasteiger partial charge < -0.3 is 57.2 Å². The first kappa shape index (κ1) is 32.9. The van der Waals surface area contributed by atoms with Crippen molar-refractivity contribution in [3.05, 3.63) is 70.8 Å². The highest BCUT2D eigenvalue weighted by molar-refractivity contribution is 6.07. The summed E-state index contributed by atoms with van der Waals surface area (Å²) in [6, 6.07) is 14.3. The quantitative estimate of drug-likeness (QED) is 0.201. The maximum Gasteiger partial charge on any atom is 0.188 e. The molecule has 0 heterocycles. The molecule has 3 aromatic rings. The minimum atomic E-state index is -1.11. The highest BCUT2D eigenvalue weighted by Gasteiger charge is 2.36. The van der Waals surface area contributed by atoms with E-state index in [0.29, 0.717) is 62.3 Å². The molecular formula is C32H38O12. The van der Waals surface area contributed by atoms with Crippen LogP contribution in [0.5, 0.6) is 34.5 Å². The van der Waals surface area contributed by atoms with E-state index in [-0.39, 0.29) is 34.0 Å². The summed E-state index contributed by atoms with van der Waals surface area (Å²) in [5, 5.41) is 12.0. The van der Waals surface area contributed by atoms with Crippen molar-refractivity contribution in [1.82, 2.24) is 0 Å². The van der Waals surface area contributed by atoms with Crippen LogP contribution in [0, 0.1) is 0 Å². The van der Waals surface area contributed by atoms with Gasteiger partial charge >= 0.3 is 0 Å². The van der Waals surface area contributed by atoms with Gasteiger partial charge in [-0.15, -0.1) is 0 Å². The Bertz CT molecular complexity index is 1390. The maximum atomic E-state index is 12.0. The molecule has 0 radical (unpaired) electrons. The number of benzene rings is 3. The second-order valence-electron chi connectivity index (χ2n) is 9.39. The predicted molar refractivity (Wildman–Crippen MR) is 159 cm³/mol. The van der Waals surface area contributed by atoms with Crippen LogP contribution in [0.4, 0.5) is 0 Å². The Morgan fingerprint density at radius 3 is 1.59 bits per heavy atom. The second-order valence-corrected chi connectivity index (χ2v) is 9.39. The second kappa shape index (κ2) is 16.1. The Kier molecular flexibility index (Phi) is 12.1. The van der Waals surface area contributed by atoms with Crippen LogP contribution in [0.25, 0.3) is 11.1 Å². The molecule has 1 unspecified atom stereocenters. The summed E-state index contributed by atoms with van der Waals surface area (Å²) in [7, 11) is 9.20. The van der Waals surface area contributed by atoms with Crippen LogP contribution in [-0.2, 0) is 23.7 Å². The maximum absolute atomic E-state index is 12.0. The third-order valence-electron chi connectivity index (χ3n) is 6.53. The Hall–Kier alpha value is -4.04. The smallest absolute Gasteiger partial charge is 0.188 e. The van der Waals surface area contributed by atoms with Crippen LogP contribution < -0.4 is 28.4 Å². The van der Waals surface area contributed by atoms with Crippen molar-refractivity contribution < 1.29 is 57.2 Å². The molecule has 1 aliphatic rings. The zero-order chi connectivity index (χ0) is 31.5. The summed E-state index contributed by atoms with van der Waals surface area (Å²) >= 11 is 0. The number of rotatable bonds is 18. The van der Waals surface area contributed by atoms with Gasteiger partial charge in [0.05, 0.1) is 7.11 Å². The molecule has 1 aliphatic carbocycles. The highest BCUT2D eigenvalue weighted by Crippen LogP contribution is 2.54. The van der Waals surface area contributed by atoms with Crippen molar-refractivity contribution in [2.24, 2.45) is 0 Å². The molecule has 0 spiro atoms. The Morgan fingerprint density at radius 2 is 1.05 bits per heavy atom. The molecule has 0 aliphatic heterocycles. The van der Waals surface area contributed by atoms with Gasteiger partial charge in [-0.05, 0) is 47.0 Å². The van der Waals surface area contributed by atoms with Gasteiger partial charge in [-0.3, -0.25) is 0 Å². The largest absolute Gasteiger partial charge is 0.493 e. The van der Waals surface area contributed by atoms with E-state index in [1.165, 1.54) is 35.5 Å². The monoisotopic (exact) mass is 614 g/mol. The molecule has 0 saturated heterocycles. The fourth-order valence-electron chi connectivity index (χ4n) is 4.78. The molecule has 12 nitrogen and oxygen atoms in total. The average Bonchev–Trinajstić information content (AvgIpc) is 3.35. The summed E-state index contributed by atoms with van der Waals surface area (Å²) < 4.78 is 60.4. The lowest BCUT2D eigenvalue weighted by Crippen LogP contribution is -2.06. The lowest BCUT2D eigenvalue weighted by atomic mass is 9.93. The number of fused-ring (bicyclic) bond motifs is 1. The fourth-order valence-corrected chi connectivity index (χ4v) is 4.78. The van der Waals surface area contributed by atoms with Crippen molar-refractivity contribution in [2.75, 3.05) is 76.6 Å². The van der Waals surface area contributed by atoms with Gasteiger partial charge in [0.25, 0.3) is 0 Å². The summed E-state index contributed by atoms with van der Waals surface area (Å²) in [6.45, 7) is 0.0314. The molecule has 0 saturated carbocycles. The van der Waals surface area contributed by atoms with E-state index in [9.17, 15) is 5.11 Å². The number of hydrogen-bond donors (Lipinski definition) is 1. The molecule has 0 bridgehead atoms. The predicted octanol–water partition coefficient (Wildman–Crippen LogP) is 4.61. The molecule has 3 aromatic carbocycles. The van der Waals surface area contributed by atoms with Crippen molar-refractivity contribution >= 4 is 11.1 Å². The van der Waals surface area contributed by atoms with Crippen molar-refractivity contribution in [2.45, 2.75) is 6.10 Å². The standard InChI is InChI=1S/C32H38O12/c1-34-15-40-22-9-21(10-23(12-22)41-16-35-2)30-29(20-7-8-26(43-18-37-4)27(11-20)39-6)31-25(32(30)33)13-24(42-17-36-3)14-28(31)44-19-38-5/h7-14,32-33H,15-19H2,1-6H3. The van der Waals surface area contributed by atoms with E-state index >= 15 is 0 Å². The minimum absolute atomic E-state index is 0.00492. The number of methoxy groups -OCH3 is 6. The highest BCUT2D eigenvalue weighted by atomic mass is 16.7. The first-order chi connectivity index (χ1) is 21.5. The minimum Gasteiger partial charge on any atom is -0.493 e. The number of aliphatic hydroxyl groups excluding tert-OH is 1. The zero-order valence-corrected chi connectivity index (χ0v) is 25.7. The zero-order valence-electron chi connectivity index (χ0n) is 25.7. The van der Waals surface area contributed by atoms with Crippen LogP contribution in [-0.4, -0.2) is 81.7 Å². The molecule has 0 amide bonds. The molecule has 4 rings (SSSR count). The number of hydrogen-bond acceptors (Lipinski definition) is 12. The van der Waals surface area contributed by atoms with Gasteiger partial charge in [0.2, 0.25) is 0 Å². The molecular weight excluding hydrogens is 576 g/mol. The third kappa shape index (κ3) is 7.53. The summed E-state index contributed by atoms with van der Waals surface area (Å²) in [4.78, 5) is 0. The number of ether oxygens (including phenoxy) is 11. The van der Waals surface area contributed by atoms with E-state index < -0.39 is 6.10 Å². The fraction of sp³-hybridized carbons (Fsp3) is 0.375. The van der Waals surface area contributed by atoms with Crippen LogP contribution in [0.3, 0.4) is 0 Å². The van der Waals surface area contributed by atoms with Crippen molar-refractivity contribution in [1.29, 1.82) is 0 Å². The summed E-state index contributed by atoms with van der Waals surface area (Å²) in [6.07, 6.45) is -1.11. The van der Waals surface area contributed by atoms with E-state index in [1.54, 1.807) is 43.5 Å². The Labute approximate surface area is 256 Å². The third-order valence-corrected chi connectivity index (χ3v) is 6.53. The van der Waals surface area contributed by atoms with E-state index in [4.69, 9.17) is 52.1 Å². The topological polar surface area (TPSA) is 122 Å². The Morgan fingerprint density at radius 1 is 0.523 bits per heavy atom. The normalized spacial score (nSPS) is 13.9. The summed E-state index contributed by atoms with van der Waals surface area (Å²) in [5.41, 5.74) is 3.77. The Balaban J connectivity index is 2.00. The van der Waals surface area contributed by atoms with Crippen LogP contribution in [0.15, 0.2) is 48.5 Å². The molecule has 12 heteroatoms. The SMILES string of the molecule is COCOc1cc(OCOC)cc(C2=C(c3ccc(OCOC)c(OC)c3)c3c(OCOC)cc(OCOC)cc3C2O)c1. The lowest BCUT2D eigenvalue weighted by Gasteiger charge is -2.18. The molecule has 1 atom stereocenters. The molecule has 238 valence electrons. The van der Waals surface area contributed by atoms with Crippen LogP contribution >= 0.6 is 0 Å². The van der Waals surface area contributed by atoms with E-state index in [2.05, 4.69) is 0 Å². The molecule has 44 heavy (non-hydrogen) atoms. The molecule has 0 fully saturated rings. The first-order valence-corrected chi connectivity index (χ1v) is 13.5. The number of aliphatic hydroxyl groups is 1. The van der Waals surface area contributed by atoms with Crippen molar-refractivity contribution in [3.63, 3.8) is 0 Å². The van der Waals surface area contributed by atoms with Gasteiger partial charge in [0, 0.05) is 64.4 Å². The van der Waals surface area contributed by atoms with Gasteiger partial charge in [0.1, 0.15) is 29.1 Å². The van der Waals surface area contributed by atoms with E-state index in [1.807, 2.05) is 12.1 Å². The van der Waals surface area contributed by atoms with Crippen molar-refractivity contribution in [3.8, 4) is 34.5 Å². The van der Waals surface area contributed by atoms with E-state index in [0.717, 1.165) is 5.56 Å². The van der Waals surface area contributed by atoms with Gasteiger partial charge in [-0.25, -0.2) is 0 Å². The average molecular weight is 615 g/mol. The van der Waals surface area contributed by atoms with Gasteiger partial charge in [-0.1, -0.05) is 6.07 Å². The first-order valence-electron chi connectivity index (χ1n) is 13.5. The lowest BCUT2D eigenvalue weighted by molar-refractivity contribution is 0.0454. The van der Waals surface area contributed by atoms with Gasteiger partial charge in [-0.2, -0.15) is 0 Å².